The molecule has 0 spiro atoms. The van der Waals surface area contributed by atoms with Crippen LogP contribution >= 0.6 is 0 Å². The second kappa shape index (κ2) is 8.77. The SMILES string of the molecule is Cc1cc(NC(=O)NCCCC(=O)O)ccc1C(=O)NC(C)C. The lowest BCUT2D eigenvalue weighted by Gasteiger charge is -2.12. The third-order valence-corrected chi connectivity index (χ3v) is 3.00. The molecular formula is C16H23N3O4. The number of benzene rings is 1. The second-order valence-corrected chi connectivity index (χ2v) is 5.54. The summed E-state index contributed by atoms with van der Waals surface area (Å²) in [5.74, 6) is -1.04. The third kappa shape index (κ3) is 6.82. The van der Waals surface area contributed by atoms with Gasteiger partial charge in [-0.05, 0) is 51.0 Å². The molecule has 0 aliphatic carbocycles. The maximum absolute atomic E-state index is 12.0. The van der Waals surface area contributed by atoms with Gasteiger partial charge in [0.15, 0.2) is 0 Å². The van der Waals surface area contributed by atoms with Gasteiger partial charge >= 0.3 is 12.0 Å². The van der Waals surface area contributed by atoms with Crippen LogP contribution in [0.25, 0.3) is 0 Å². The fraction of sp³-hybridized carbons (Fsp3) is 0.438. The number of rotatable bonds is 7. The molecule has 1 aromatic rings. The van der Waals surface area contributed by atoms with E-state index in [9.17, 15) is 14.4 Å². The van der Waals surface area contributed by atoms with Crippen LogP contribution in [0, 0.1) is 6.92 Å². The molecule has 0 aromatic heterocycles. The first-order chi connectivity index (χ1) is 10.8. The van der Waals surface area contributed by atoms with Gasteiger partial charge in [0, 0.05) is 30.3 Å². The minimum atomic E-state index is -0.891. The zero-order valence-corrected chi connectivity index (χ0v) is 13.6. The third-order valence-electron chi connectivity index (χ3n) is 3.00. The highest BCUT2D eigenvalue weighted by Crippen LogP contribution is 2.15. The van der Waals surface area contributed by atoms with Crippen LogP contribution in [0.4, 0.5) is 10.5 Å². The van der Waals surface area contributed by atoms with Crippen LogP contribution < -0.4 is 16.0 Å². The first-order valence-corrected chi connectivity index (χ1v) is 7.47. The molecule has 0 aliphatic rings. The predicted octanol–water partition coefficient (Wildman–Crippen LogP) is 2.12. The molecule has 0 bridgehead atoms. The number of carbonyl (C=O) groups excluding carboxylic acids is 2. The largest absolute Gasteiger partial charge is 0.481 e. The lowest BCUT2D eigenvalue weighted by Crippen LogP contribution is -2.31. The summed E-state index contributed by atoms with van der Waals surface area (Å²) in [6, 6.07) is 4.67. The summed E-state index contributed by atoms with van der Waals surface area (Å²) in [5.41, 5.74) is 1.89. The lowest BCUT2D eigenvalue weighted by molar-refractivity contribution is -0.137. The Bertz CT molecular complexity index is 585. The highest BCUT2D eigenvalue weighted by atomic mass is 16.4. The molecule has 0 unspecified atom stereocenters. The number of urea groups is 1. The molecule has 0 fully saturated rings. The lowest BCUT2D eigenvalue weighted by atomic mass is 10.1. The van der Waals surface area contributed by atoms with Crippen LogP contribution in [0.15, 0.2) is 18.2 Å². The fourth-order valence-corrected chi connectivity index (χ4v) is 1.95. The Morgan fingerprint density at radius 1 is 1.22 bits per heavy atom. The molecule has 0 aliphatic heterocycles. The summed E-state index contributed by atoms with van der Waals surface area (Å²) < 4.78 is 0. The standard InChI is InChI=1S/C16H23N3O4/c1-10(2)18-15(22)13-7-6-12(9-11(13)3)19-16(23)17-8-4-5-14(20)21/h6-7,9-10H,4-5,8H2,1-3H3,(H,18,22)(H,20,21)(H2,17,19,23). The van der Waals surface area contributed by atoms with E-state index in [1.165, 1.54) is 0 Å². The minimum absolute atomic E-state index is 0.0129. The van der Waals surface area contributed by atoms with E-state index in [1.807, 2.05) is 13.8 Å². The number of carbonyl (C=O) groups is 3. The molecule has 0 radical (unpaired) electrons. The van der Waals surface area contributed by atoms with Crippen LogP contribution in [-0.2, 0) is 4.79 Å². The maximum atomic E-state index is 12.0. The Morgan fingerprint density at radius 3 is 2.48 bits per heavy atom. The smallest absolute Gasteiger partial charge is 0.319 e. The summed E-state index contributed by atoms with van der Waals surface area (Å²) in [4.78, 5) is 34.0. The van der Waals surface area contributed by atoms with Crippen molar-refractivity contribution in [2.75, 3.05) is 11.9 Å². The number of carboxylic acid groups (broad SMARTS) is 1. The predicted molar refractivity (Wildman–Crippen MR) is 87.7 cm³/mol. The topological polar surface area (TPSA) is 108 Å². The van der Waals surface area contributed by atoms with Gasteiger partial charge in [0.25, 0.3) is 5.91 Å². The zero-order valence-electron chi connectivity index (χ0n) is 13.6. The first kappa shape index (κ1) is 18.5. The van der Waals surface area contributed by atoms with Gasteiger partial charge in [0.2, 0.25) is 0 Å². The minimum Gasteiger partial charge on any atom is -0.481 e. The van der Waals surface area contributed by atoms with Crippen molar-refractivity contribution in [1.29, 1.82) is 0 Å². The zero-order chi connectivity index (χ0) is 17.4. The Balaban J connectivity index is 2.55. The number of nitrogens with one attached hydrogen (secondary N) is 3. The number of carboxylic acids is 1. The van der Waals surface area contributed by atoms with Crippen LogP contribution in [0.5, 0.6) is 0 Å². The second-order valence-electron chi connectivity index (χ2n) is 5.54. The van der Waals surface area contributed by atoms with Crippen molar-refractivity contribution in [3.05, 3.63) is 29.3 Å². The molecule has 4 N–H and O–H groups in total. The van der Waals surface area contributed by atoms with E-state index in [0.29, 0.717) is 17.7 Å². The average molecular weight is 321 g/mol. The highest BCUT2D eigenvalue weighted by molar-refractivity contribution is 5.97. The van der Waals surface area contributed by atoms with Crippen molar-refractivity contribution in [2.24, 2.45) is 0 Å². The van der Waals surface area contributed by atoms with Gasteiger partial charge in [-0.1, -0.05) is 0 Å². The maximum Gasteiger partial charge on any atom is 0.319 e. The van der Waals surface area contributed by atoms with Crippen LogP contribution in [0.3, 0.4) is 0 Å². The summed E-state index contributed by atoms with van der Waals surface area (Å²) in [7, 11) is 0. The van der Waals surface area contributed by atoms with E-state index in [1.54, 1.807) is 25.1 Å². The van der Waals surface area contributed by atoms with Crippen LogP contribution in [0.2, 0.25) is 0 Å². The van der Waals surface area contributed by atoms with Crippen molar-refractivity contribution in [3.63, 3.8) is 0 Å². The van der Waals surface area contributed by atoms with E-state index < -0.39 is 12.0 Å². The Kier molecular flexibility index (Phi) is 7.05. The monoisotopic (exact) mass is 321 g/mol. The fourth-order valence-electron chi connectivity index (χ4n) is 1.95. The summed E-state index contributed by atoms with van der Waals surface area (Å²) in [5, 5.41) is 16.6. The summed E-state index contributed by atoms with van der Waals surface area (Å²) in [6.07, 6.45) is 0.384. The molecule has 1 rings (SSSR count). The van der Waals surface area contributed by atoms with Gasteiger partial charge in [0.1, 0.15) is 0 Å². The average Bonchev–Trinajstić information content (AvgIpc) is 2.42. The summed E-state index contributed by atoms with van der Waals surface area (Å²) in [6.45, 7) is 5.85. The van der Waals surface area contributed by atoms with Crippen molar-refractivity contribution >= 4 is 23.6 Å². The molecule has 7 nitrogen and oxygen atoms in total. The molecule has 0 heterocycles. The van der Waals surface area contributed by atoms with Gasteiger partial charge in [-0.15, -0.1) is 0 Å². The van der Waals surface area contributed by atoms with Crippen molar-refractivity contribution < 1.29 is 19.5 Å². The quantitative estimate of drug-likeness (QED) is 0.577. The molecule has 1 aromatic carbocycles. The van der Waals surface area contributed by atoms with Crippen LogP contribution in [-0.4, -0.2) is 35.6 Å². The number of amides is 3. The molecule has 23 heavy (non-hydrogen) atoms. The van der Waals surface area contributed by atoms with Gasteiger partial charge in [-0.2, -0.15) is 0 Å². The Morgan fingerprint density at radius 2 is 1.91 bits per heavy atom. The number of hydrogen-bond acceptors (Lipinski definition) is 3. The molecular weight excluding hydrogens is 298 g/mol. The molecule has 0 saturated heterocycles. The van der Waals surface area contributed by atoms with Crippen LogP contribution in [0.1, 0.15) is 42.6 Å². The number of aliphatic carboxylic acids is 1. The molecule has 126 valence electrons. The number of anilines is 1. The van der Waals surface area contributed by atoms with E-state index in [2.05, 4.69) is 16.0 Å². The van der Waals surface area contributed by atoms with Gasteiger partial charge in [-0.25, -0.2) is 4.79 Å². The Hall–Kier alpha value is -2.57. The molecule has 0 atom stereocenters. The van der Waals surface area contributed by atoms with Gasteiger partial charge < -0.3 is 21.1 Å². The van der Waals surface area contributed by atoms with E-state index in [0.717, 1.165) is 5.56 Å². The van der Waals surface area contributed by atoms with Crippen molar-refractivity contribution in [1.82, 2.24) is 10.6 Å². The molecule has 7 heteroatoms. The molecule has 0 saturated carbocycles. The first-order valence-electron chi connectivity index (χ1n) is 7.47. The van der Waals surface area contributed by atoms with Crippen molar-refractivity contribution in [3.8, 4) is 0 Å². The van der Waals surface area contributed by atoms with Gasteiger partial charge in [0.05, 0.1) is 0 Å². The number of aryl methyl sites for hydroxylation is 1. The highest BCUT2D eigenvalue weighted by Gasteiger charge is 2.11. The van der Waals surface area contributed by atoms with E-state index >= 15 is 0 Å². The van der Waals surface area contributed by atoms with E-state index in [-0.39, 0.29) is 24.9 Å². The Labute approximate surface area is 135 Å². The van der Waals surface area contributed by atoms with Gasteiger partial charge in [-0.3, -0.25) is 9.59 Å². The molecule has 3 amide bonds. The van der Waals surface area contributed by atoms with E-state index in [4.69, 9.17) is 5.11 Å². The van der Waals surface area contributed by atoms with Crippen molar-refractivity contribution in [2.45, 2.75) is 39.7 Å². The summed E-state index contributed by atoms with van der Waals surface area (Å²) >= 11 is 0. The number of hydrogen-bond donors (Lipinski definition) is 4. The normalized spacial score (nSPS) is 10.3.